The minimum absolute atomic E-state index is 0.00627. The summed E-state index contributed by atoms with van der Waals surface area (Å²) in [4.78, 5) is 24.4. The maximum atomic E-state index is 12.1. The van der Waals surface area contributed by atoms with Crippen LogP contribution in [0.4, 0.5) is 4.79 Å². The van der Waals surface area contributed by atoms with Crippen LogP contribution < -0.4 is 5.32 Å². The van der Waals surface area contributed by atoms with E-state index in [1.807, 2.05) is 4.90 Å². The summed E-state index contributed by atoms with van der Waals surface area (Å²) in [6.07, 6.45) is 7.15. The zero-order valence-electron chi connectivity index (χ0n) is 10.7. The number of nitrogens with one attached hydrogen (secondary N) is 1. The van der Waals surface area contributed by atoms with Gasteiger partial charge in [0.15, 0.2) is 0 Å². The van der Waals surface area contributed by atoms with Crippen molar-refractivity contribution < 1.29 is 14.7 Å². The summed E-state index contributed by atoms with van der Waals surface area (Å²) in [5.74, 6) is -0.206. The molecular weight excluding hydrogens is 232 g/mol. The van der Waals surface area contributed by atoms with Gasteiger partial charge in [-0.05, 0) is 31.6 Å². The van der Waals surface area contributed by atoms with Crippen LogP contribution in [-0.2, 0) is 4.79 Å². The molecule has 0 bridgehead atoms. The highest BCUT2D eigenvalue weighted by atomic mass is 16.4. The van der Waals surface area contributed by atoms with Gasteiger partial charge < -0.3 is 15.3 Å². The van der Waals surface area contributed by atoms with Crippen molar-refractivity contribution in [2.24, 2.45) is 5.92 Å². The number of carbonyl (C=O) groups is 2. The van der Waals surface area contributed by atoms with Crippen LogP contribution in [0.15, 0.2) is 0 Å². The number of hydrogen-bond acceptors (Lipinski definition) is 2. The maximum Gasteiger partial charge on any atom is 0.317 e. The third-order valence-electron chi connectivity index (χ3n) is 4.12. The molecule has 0 aromatic heterocycles. The molecule has 2 rings (SSSR count). The molecule has 0 unspecified atom stereocenters. The Labute approximate surface area is 108 Å². The third-order valence-corrected chi connectivity index (χ3v) is 4.12. The molecule has 2 amide bonds. The van der Waals surface area contributed by atoms with Crippen LogP contribution >= 0.6 is 0 Å². The van der Waals surface area contributed by atoms with Crippen LogP contribution in [0.2, 0.25) is 0 Å². The molecule has 18 heavy (non-hydrogen) atoms. The van der Waals surface area contributed by atoms with Crippen molar-refractivity contribution in [2.45, 2.75) is 51.0 Å². The van der Waals surface area contributed by atoms with Gasteiger partial charge in [0.25, 0.3) is 0 Å². The van der Waals surface area contributed by atoms with Crippen molar-refractivity contribution in [3.63, 3.8) is 0 Å². The Bertz CT molecular complexity index is 317. The van der Waals surface area contributed by atoms with Gasteiger partial charge in [0.1, 0.15) is 0 Å². The number of amides is 2. The summed E-state index contributed by atoms with van der Waals surface area (Å²) in [6.45, 7) is 1.04. The van der Waals surface area contributed by atoms with Gasteiger partial charge in [-0.2, -0.15) is 0 Å². The largest absolute Gasteiger partial charge is 0.481 e. The minimum atomic E-state index is -0.871. The van der Waals surface area contributed by atoms with Crippen LogP contribution in [0.5, 0.6) is 0 Å². The molecule has 1 heterocycles. The fourth-order valence-corrected chi connectivity index (χ4v) is 3.25. The molecular formula is C13H22N2O3. The number of urea groups is 1. The lowest BCUT2D eigenvalue weighted by Gasteiger charge is -2.44. The van der Waals surface area contributed by atoms with E-state index in [2.05, 4.69) is 5.32 Å². The Hall–Kier alpha value is -1.26. The van der Waals surface area contributed by atoms with E-state index in [4.69, 9.17) is 5.11 Å². The number of piperidine rings is 1. The van der Waals surface area contributed by atoms with E-state index in [1.54, 1.807) is 0 Å². The average molecular weight is 254 g/mol. The van der Waals surface area contributed by atoms with Crippen LogP contribution in [0.3, 0.4) is 0 Å². The number of nitrogens with zero attached hydrogens (tertiary/aromatic N) is 1. The van der Waals surface area contributed by atoms with E-state index in [0.717, 1.165) is 19.4 Å². The lowest BCUT2D eigenvalue weighted by Crippen LogP contribution is -2.53. The molecule has 5 nitrogen and oxygen atoms in total. The van der Waals surface area contributed by atoms with Crippen LogP contribution in [0.1, 0.15) is 44.9 Å². The molecule has 1 aliphatic heterocycles. The summed E-state index contributed by atoms with van der Waals surface area (Å²) in [7, 11) is 0. The van der Waals surface area contributed by atoms with Crippen LogP contribution in [0, 0.1) is 5.92 Å². The van der Waals surface area contributed by atoms with E-state index >= 15 is 0 Å². The molecule has 0 spiro atoms. The first-order chi connectivity index (χ1) is 8.68. The van der Waals surface area contributed by atoms with E-state index < -0.39 is 5.97 Å². The molecule has 2 atom stereocenters. The normalized spacial score (nSPS) is 27.4. The van der Waals surface area contributed by atoms with Crippen LogP contribution in [-0.4, -0.2) is 41.1 Å². The fourth-order valence-electron chi connectivity index (χ4n) is 3.25. The average Bonchev–Trinajstić information content (AvgIpc) is 2.37. The highest BCUT2D eigenvalue weighted by Gasteiger charge is 2.35. The van der Waals surface area contributed by atoms with Crippen molar-refractivity contribution in [3.8, 4) is 0 Å². The molecule has 1 saturated heterocycles. The van der Waals surface area contributed by atoms with Gasteiger partial charge in [-0.15, -0.1) is 0 Å². The van der Waals surface area contributed by atoms with E-state index in [9.17, 15) is 9.59 Å². The number of carbonyl (C=O) groups excluding carboxylic acids is 1. The first-order valence-corrected chi connectivity index (χ1v) is 6.95. The fraction of sp³-hybridized carbons (Fsp3) is 0.846. The Morgan fingerprint density at radius 2 is 1.89 bits per heavy atom. The number of aliphatic carboxylic acids is 1. The summed E-state index contributed by atoms with van der Waals surface area (Å²) >= 11 is 0. The lowest BCUT2D eigenvalue weighted by atomic mass is 9.78. The van der Waals surface area contributed by atoms with Gasteiger partial charge in [-0.1, -0.05) is 12.8 Å². The van der Waals surface area contributed by atoms with E-state index in [0.29, 0.717) is 12.0 Å². The Balaban J connectivity index is 1.85. The standard InChI is InChI=1S/C13H22N2O3/c16-12(17)7-8-14-13(18)15-9-3-5-10-4-1-2-6-11(10)15/h10-11H,1-9H2,(H,14,18)(H,16,17)/t10-,11-/m1/s1. The Morgan fingerprint density at radius 1 is 1.17 bits per heavy atom. The Morgan fingerprint density at radius 3 is 2.67 bits per heavy atom. The van der Waals surface area contributed by atoms with Gasteiger partial charge >= 0.3 is 12.0 Å². The smallest absolute Gasteiger partial charge is 0.317 e. The van der Waals surface area contributed by atoms with E-state index in [1.165, 1.54) is 25.7 Å². The molecule has 2 N–H and O–H groups in total. The molecule has 1 saturated carbocycles. The van der Waals surface area contributed by atoms with Crippen molar-refractivity contribution in [1.29, 1.82) is 0 Å². The highest BCUT2D eigenvalue weighted by Crippen LogP contribution is 2.35. The van der Waals surface area contributed by atoms with Gasteiger partial charge in [-0.3, -0.25) is 4.79 Å². The number of carboxylic acid groups (broad SMARTS) is 1. The monoisotopic (exact) mass is 254 g/mol. The predicted molar refractivity (Wildman–Crippen MR) is 67.3 cm³/mol. The van der Waals surface area contributed by atoms with E-state index in [-0.39, 0.29) is 19.0 Å². The second kappa shape index (κ2) is 6.07. The number of rotatable bonds is 3. The summed E-state index contributed by atoms with van der Waals surface area (Å²) in [6, 6.07) is 0.310. The molecule has 2 fully saturated rings. The zero-order valence-corrected chi connectivity index (χ0v) is 10.7. The molecule has 0 radical (unpaired) electrons. The van der Waals surface area contributed by atoms with Crippen LogP contribution in [0.25, 0.3) is 0 Å². The second-order valence-electron chi connectivity index (χ2n) is 5.32. The predicted octanol–water partition coefficient (Wildman–Crippen LogP) is 1.83. The highest BCUT2D eigenvalue weighted by molar-refractivity contribution is 5.75. The van der Waals surface area contributed by atoms with Crippen molar-refractivity contribution >= 4 is 12.0 Å². The van der Waals surface area contributed by atoms with Gasteiger partial charge in [0, 0.05) is 19.1 Å². The van der Waals surface area contributed by atoms with Gasteiger partial charge in [0.05, 0.1) is 6.42 Å². The molecule has 2 aliphatic rings. The summed E-state index contributed by atoms with van der Waals surface area (Å²) in [5, 5.41) is 11.3. The molecule has 5 heteroatoms. The molecule has 102 valence electrons. The second-order valence-corrected chi connectivity index (χ2v) is 5.32. The number of hydrogen-bond donors (Lipinski definition) is 2. The van der Waals surface area contributed by atoms with Crippen molar-refractivity contribution in [1.82, 2.24) is 10.2 Å². The van der Waals surface area contributed by atoms with Crippen molar-refractivity contribution in [2.75, 3.05) is 13.1 Å². The lowest BCUT2D eigenvalue weighted by molar-refractivity contribution is -0.136. The van der Waals surface area contributed by atoms with Gasteiger partial charge in [0.2, 0.25) is 0 Å². The summed E-state index contributed by atoms with van der Waals surface area (Å²) < 4.78 is 0. The quantitative estimate of drug-likeness (QED) is 0.807. The molecule has 1 aliphatic carbocycles. The number of fused-ring (bicyclic) bond motifs is 1. The maximum absolute atomic E-state index is 12.1. The Kier molecular flexibility index (Phi) is 4.44. The number of likely N-dealkylation sites (tertiary alicyclic amines) is 1. The summed E-state index contributed by atoms with van der Waals surface area (Å²) in [5.41, 5.74) is 0. The minimum Gasteiger partial charge on any atom is -0.481 e. The zero-order chi connectivity index (χ0) is 13.0. The topological polar surface area (TPSA) is 69.6 Å². The first-order valence-electron chi connectivity index (χ1n) is 6.95. The molecule has 0 aromatic carbocycles. The SMILES string of the molecule is O=C(O)CCNC(=O)N1CCC[C@H]2CCCC[C@H]21. The third kappa shape index (κ3) is 3.15. The first kappa shape index (κ1) is 13.2. The molecule has 0 aromatic rings. The van der Waals surface area contributed by atoms with Gasteiger partial charge in [-0.25, -0.2) is 4.79 Å². The number of carboxylic acids is 1. The van der Waals surface area contributed by atoms with Crippen molar-refractivity contribution in [3.05, 3.63) is 0 Å².